The summed E-state index contributed by atoms with van der Waals surface area (Å²) in [5.41, 5.74) is -0.988. The minimum Gasteiger partial charge on any atom is -0.481 e. The van der Waals surface area contributed by atoms with Crippen LogP contribution in [0.5, 0.6) is 0 Å². The summed E-state index contributed by atoms with van der Waals surface area (Å²) >= 11 is 0. The van der Waals surface area contributed by atoms with Crippen LogP contribution in [-0.2, 0) is 4.79 Å². The van der Waals surface area contributed by atoms with Gasteiger partial charge in [0.15, 0.2) is 0 Å². The predicted molar refractivity (Wildman–Crippen MR) is 58.5 cm³/mol. The fraction of sp³-hybridized carbons (Fsp3) is 0.917. The molecule has 0 saturated heterocycles. The van der Waals surface area contributed by atoms with Crippen molar-refractivity contribution in [1.29, 1.82) is 0 Å². The third kappa shape index (κ3) is 2.71. The molecule has 0 spiro atoms. The molecule has 1 fully saturated rings. The standard InChI is InChI=1S/C12H22O3/c1-8(2)10(11(13)14)12(15)6-4-5-9(3)7-12/h8-10,15H,4-7H2,1-3H3,(H,13,14). The zero-order valence-electron chi connectivity index (χ0n) is 9.86. The van der Waals surface area contributed by atoms with Crippen molar-refractivity contribution in [2.75, 3.05) is 0 Å². The van der Waals surface area contributed by atoms with Crippen molar-refractivity contribution in [3.63, 3.8) is 0 Å². The molecule has 1 rings (SSSR count). The molecule has 0 aromatic carbocycles. The van der Waals surface area contributed by atoms with Gasteiger partial charge in [-0.1, -0.05) is 33.6 Å². The highest BCUT2D eigenvalue weighted by Crippen LogP contribution is 2.40. The van der Waals surface area contributed by atoms with Crippen LogP contribution in [0.1, 0.15) is 46.5 Å². The van der Waals surface area contributed by atoms with E-state index in [1.54, 1.807) is 0 Å². The summed E-state index contributed by atoms with van der Waals surface area (Å²) in [4.78, 5) is 11.2. The number of carboxylic acids is 1. The molecule has 0 aromatic rings. The Morgan fingerprint density at radius 2 is 2.07 bits per heavy atom. The normalized spacial score (nSPS) is 34.1. The van der Waals surface area contributed by atoms with Crippen LogP contribution < -0.4 is 0 Å². The second kappa shape index (κ2) is 4.52. The maximum absolute atomic E-state index is 11.2. The second-order valence-corrected chi connectivity index (χ2v) is 5.37. The van der Waals surface area contributed by atoms with Crippen molar-refractivity contribution in [3.8, 4) is 0 Å². The van der Waals surface area contributed by atoms with E-state index in [4.69, 9.17) is 0 Å². The second-order valence-electron chi connectivity index (χ2n) is 5.37. The Hall–Kier alpha value is -0.570. The van der Waals surface area contributed by atoms with Crippen molar-refractivity contribution < 1.29 is 15.0 Å². The summed E-state index contributed by atoms with van der Waals surface area (Å²) in [5.74, 6) is -1.07. The molecule has 1 saturated carbocycles. The van der Waals surface area contributed by atoms with Crippen LogP contribution in [0.2, 0.25) is 0 Å². The van der Waals surface area contributed by atoms with Crippen molar-refractivity contribution in [2.45, 2.75) is 52.1 Å². The van der Waals surface area contributed by atoms with Gasteiger partial charge >= 0.3 is 5.97 Å². The summed E-state index contributed by atoms with van der Waals surface area (Å²) in [6, 6.07) is 0. The van der Waals surface area contributed by atoms with Gasteiger partial charge in [-0.3, -0.25) is 4.79 Å². The summed E-state index contributed by atoms with van der Waals surface area (Å²) in [7, 11) is 0. The Balaban J connectivity index is 2.84. The van der Waals surface area contributed by atoms with Gasteiger partial charge < -0.3 is 10.2 Å². The highest BCUT2D eigenvalue weighted by atomic mass is 16.4. The topological polar surface area (TPSA) is 57.5 Å². The molecule has 0 radical (unpaired) electrons. The van der Waals surface area contributed by atoms with Crippen LogP contribution >= 0.6 is 0 Å². The number of hydrogen-bond acceptors (Lipinski definition) is 2. The highest BCUT2D eigenvalue weighted by Gasteiger charge is 2.45. The third-order valence-corrected chi connectivity index (χ3v) is 3.52. The molecule has 0 aromatic heterocycles. The van der Waals surface area contributed by atoms with Gasteiger partial charge in [-0.05, 0) is 24.7 Å². The minimum atomic E-state index is -0.988. The van der Waals surface area contributed by atoms with Crippen LogP contribution in [0.3, 0.4) is 0 Å². The third-order valence-electron chi connectivity index (χ3n) is 3.52. The van der Waals surface area contributed by atoms with Crippen LogP contribution in [0.4, 0.5) is 0 Å². The maximum atomic E-state index is 11.2. The van der Waals surface area contributed by atoms with E-state index in [1.807, 2.05) is 13.8 Å². The van der Waals surface area contributed by atoms with E-state index in [0.717, 1.165) is 12.8 Å². The Labute approximate surface area is 91.5 Å². The van der Waals surface area contributed by atoms with E-state index in [2.05, 4.69) is 6.92 Å². The van der Waals surface area contributed by atoms with Crippen molar-refractivity contribution in [1.82, 2.24) is 0 Å². The van der Waals surface area contributed by atoms with Gasteiger partial charge in [-0.15, -0.1) is 0 Å². The first-order chi connectivity index (χ1) is 6.87. The Bertz CT molecular complexity index is 237. The molecule has 2 N–H and O–H groups in total. The van der Waals surface area contributed by atoms with Crippen LogP contribution in [0, 0.1) is 17.8 Å². The lowest BCUT2D eigenvalue weighted by molar-refractivity contribution is -0.160. The molecule has 3 unspecified atom stereocenters. The largest absolute Gasteiger partial charge is 0.481 e. The molecule has 88 valence electrons. The van der Waals surface area contributed by atoms with Gasteiger partial charge in [-0.25, -0.2) is 0 Å². The highest BCUT2D eigenvalue weighted by molar-refractivity contribution is 5.71. The number of aliphatic carboxylic acids is 1. The van der Waals surface area contributed by atoms with Crippen molar-refractivity contribution >= 4 is 5.97 Å². The van der Waals surface area contributed by atoms with E-state index < -0.39 is 17.5 Å². The number of hydrogen-bond donors (Lipinski definition) is 2. The average Bonchev–Trinajstić information content (AvgIpc) is 1.99. The molecule has 0 heterocycles. The fourth-order valence-corrected chi connectivity index (χ4v) is 2.98. The number of rotatable bonds is 3. The molecule has 3 heteroatoms. The number of carboxylic acid groups (broad SMARTS) is 1. The van der Waals surface area contributed by atoms with Gasteiger partial charge in [0.05, 0.1) is 11.5 Å². The van der Waals surface area contributed by atoms with E-state index in [1.165, 1.54) is 0 Å². The lowest BCUT2D eigenvalue weighted by atomic mass is 9.68. The molecule has 0 amide bonds. The first-order valence-electron chi connectivity index (χ1n) is 5.82. The van der Waals surface area contributed by atoms with E-state index in [0.29, 0.717) is 18.8 Å². The van der Waals surface area contributed by atoms with Gasteiger partial charge in [0.1, 0.15) is 0 Å². The number of aliphatic hydroxyl groups is 1. The SMILES string of the molecule is CC1CCCC(O)(C(C(=O)O)C(C)C)C1. The monoisotopic (exact) mass is 214 g/mol. The number of carbonyl (C=O) groups is 1. The molecule has 1 aliphatic rings. The smallest absolute Gasteiger partial charge is 0.309 e. The van der Waals surface area contributed by atoms with Crippen LogP contribution in [-0.4, -0.2) is 21.8 Å². The first-order valence-corrected chi connectivity index (χ1v) is 5.82. The molecular weight excluding hydrogens is 192 g/mol. The van der Waals surface area contributed by atoms with Gasteiger partial charge in [-0.2, -0.15) is 0 Å². The molecule has 1 aliphatic carbocycles. The van der Waals surface area contributed by atoms with Gasteiger partial charge in [0.25, 0.3) is 0 Å². The first kappa shape index (κ1) is 12.5. The minimum absolute atomic E-state index is 0.0159. The fourth-order valence-electron chi connectivity index (χ4n) is 2.98. The quantitative estimate of drug-likeness (QED) is 0.757. The van der Waals surface area contributed by atoms with Crippen LogP contribution in [0.25, 0.3) is 0 Å². The molecule has 3 atom stereocenters. The van der Waals surface area contributed by atoms with Crippen molar-refractivity contribution in [3.05, 3.63) is 0 Å². The molecule has 3 nitrogen and oxygen atoms in total. The average molecular weight is 214 g/mol. The Morgan fingerprint density at radius 3 is 2.47 bits per heavy atom. The van der Waals surface area contributed by atoms with Crippen LogP contribution in [0.15, 0.2) is 0 Å². The Morgan fingerprint density at radius 1 is 1.47 bits per heavy atom. The predicted octanol–water partition coefficient (Wildman–Crippen LogP) is 2.28. The van der Waals surface area contributed by atoms with E-state index in [9.17, 15) is 15.0 Å². The lowest BCUT2D eigenvalue weighted by Gasteiger charge is -2.41. The molecule has 0 aliphatic heterocycles. The summed E-state index contributed by atoms with van der Waals surface area (Å²) in [6.45, 7) is 5.83. The zero-order chi connectivity index (χ0) is 11.6. The molecular formula is C12H22O3. The zero-order valence-corrected chi connectivity index (χ0v) is 9.86. The Kier molecular flexibility index (Phi) is 3.77. The summed E-state index contributed by atoms with van der Waals surface area (Å²) < 4.78 is 0. The molecule has 0 bridgehead atoms. The van der Waals surface area contributed by atoms with E-state index in [-0.39, 0.29) is 5.92 Å². The van der Waals surface area contributed by atoms with E-state index >= 15 is 0 Å². The van der Waals surface area contributed by atoms with Crippen molar-refractivity contribution in [2.24, 2.45) is 17.8 Å². The van der Waals surface area contributed by atoms with Gasteiger partial charge in [0.2, 0.25) is 0 Å². The van der Waals surface area contributed by atoms with Gasteiger partial charge in [0, 0.05) is 0 Å². The molecule has 15 heavy (non-hydrogen) atoms. The summed E-state index contributed by atoms with van der Waals surface area (Å²) in [5, 5.41) is 19.6. The summed E-state index contributed by atoms with van der Waals surface area (Å²) in [6.07, 6.45) is 3.30. The maximum Gasteiger partial charge on any atom is 0.309 e. The lowest BCUT2D eigenvalue weighted by Crippen LogP contribution is -2.48.